The molecule has 226 valence electrons. The summed E-state index contributed by atoms with van der Waals surface area (Å²) in [6.07, 6.45) is 5.87. The van der Waals surface area contributed by atoms with Crippen molar-refractivity contribution in [1.82, 2.24) is 4.98 Å². The molecular weight excluding hydrogens is 542 g/mol. The zero-order chi connectivity index (χ0) is 29.5. The lowest BCUT2D eigenvalue weighted by molar-refractivity contribution is -0.137. The number of nitrogens with zero attached hydrogens (tertiary/aromatic N) is 3. The summed E-state index contributed by atoms with van der Waals surface area (Å²) in [6, 6.07) is 9.95. The van der Waals surface area contributed by atoms with Crippen LogP contribution in [-0.4, -0.2) is 67.7 Å². The number of hydrogen-bond donors (Lipinski definition) is 1. The number of unbranched alkanes of at least 4 members (excludes halogenated alkanes) is 1. The van der Waals surface area contributed by atoms with Crippen LogP contribution in [0.2, 0.25) is 5.02 Å². The van der Waals surface area contributed by atoms with Crippen molar-refractivity contribution in [2.24, 2.45) is 17.8 Å². The van der Waals surface area contributed by atoms with Crippen LogP contribution in [0.3, 0.4) is 0 Å². The Balaban J connectivity index is 1.45. The number of carboxylic acids is 1. The first-order chi connectivity index (χ1) is 19.7. The van der Waals surface area contributed by atoms with Gasteiger partial charge >= 0.3 is 5.97 Å². The number of aromatic nitrogens is 1. The Morgan fingerprint density at radius 1 is 1.20 bits per heavy atom. The highest BCUT2D eigenvalue weighted by Crippen LogP contribution is 2.37. The van der Waals surface area contributed by atoms with Gasteiger partial charge in [-0.05, 0) is 43.0 Å². The first-order valence-corrected chi connectivity index (χ1v) is 15.4. The average Bonchev–Trinajstić information content (AvgIpc) is 3.24. The number of piperidine rings is 1. The van der Waals surface area contributed by atoms with Crippen LogP contribution >= 0.6 is 11.6 Å². The SMILES string of the molecule is CCCCO[C@H]1CN(c2ccc(OC3CCN(c4cc(OC)ncc4Cl)CC3CC(C)C)cc2)[C@@H](CC(=O)O)[C@@H]1C. The van der Waals surface area contributed by atoms with Crippen LogP contribution < -0.4 is 19.3 Å². The molecule has 0 aliphatic carbocycles. The smallest absolute Gasteiger partial charge is 0.305 e. The van der Waals surface area contributed by atoms with E-state index in [4.69, 9.17) is 25.8 Å². The molecule has 2 aromatic rings. The van der Waals surface area contributed by atoms with Crippen LogP contribution in [0.1, 0.15) is 59.8 Å². The van der Waals surface area contributed by atoms with Crippen molar-refractivity contribution in [2.75, 3.05) is 43.2 Å². The molecule has 2 aliphatic rings. The molecule has 2 saturated heterocycles. The summed E-state index contributed by atoms with van der Waals surface area (Å²) < 4.78 is 18.1. The van der Waals surface area contributed by atoms with Crippen LogP contribution in [0.5, 0.6) is 11.6 Å². The zero-order valence-electron chi connectivity index (χ0n) is 25.1. The Hall–Kier alpha value is -2.71. The molecule has 1 aromatic carbocycles. The molecule has 9 heteroatoms. The molecule has 1 N–H and O–H groups in total. The maximum absolute atomic E-state index is 11.7. The van der Waals surface area contributed by atoms with Crippen molar-refractivity contribution in [1.29, 1.82) is 0 Å². The lowest BCUT2D eigenvalue weighted by Crippen LogP contribution is -2.46. The van der Waals surface area contributed by atoms with Gasteiger partial charge in [-0.25, -0.2) is 4.98 Å². The van der Waals surface area contributed by atoms with Gasteiger partial charge in [0.15, 0.2) is 0 Å². The average molecular weight is 588 g/mol. The maximum Gasteiger partial charge on any atom is 0.305 e. The van der Waals surface area contributed by atoms with Gasteiger partial charge < -0.3 is 29.1 Å². The molecule has 8 nitrogen and oxygen atoms in total. The number of hydrogen-bond acceptors (Lipinski definition) is 7. The topological polar surface area (TPSA) is 84.4 Å². The number of halogens is 1. The minimum Gasteiger partial charge on any atom is -0.490 e. The molecule has 0 bridgehead atoms. The van der Waals surface area contributed by atoms with Crippen molar-refractivity contribution in [3.05, 3.63) is 41.6 Å². The molecule has 0 spiro atoms. The number of rotatable bonds is 13. The van der Waals surface area contributed by atoms with Gasteiger partial charge in [-0.1, -0.05) is 45.7 Å². The third-order valence-corrected chi connectivity index (χ3v) is 8.73. The Labute approximate surface area is 249 Å². The van der Waals surface area contributed by atoms with Crippen LogP contribution in [0.4, 0.5) is 11.4 Å². The maximum atomic E-state index is 11.7. The second-order valence-electron chi connectivity index (χ2n) is 11.9. The van der Waals surface area contributed by atoms with Gasteiger partial charge in [-0.15, -0.1) is 0 Å². The number of pyridine rings is 1. The molecule has 0 saturated carbocycles. The Morgan fingerprint density at radius 3 is 2.61 bits per heavy atom. The van der Waals surface area contributed by atoms with E-state index in [2.05, 4.69) is 54.6 Å². The molecule has 0 amide bonds. The Kier molecular flexibility index (Phi) is 11.0. The van der Waals surface area contributed by atoms with Crippen LogP contribution in [0, 0.1) is 17.8 Å². The Bertz CT molecular complexity index is 1130. The summed E-state index contributed by atoms with van der Waals surface area (Å²) in [5, 5.41) is 10.2. The van der Waals surface area contributed by atoms with E-state index in [1.165, 1.54) is 0 Å². The molecular formula is C32H46ClN3O5. The third kappa shape index (κ3) is 7.98. The summed E-state index contributed by atoms with van der Waals surface area (Å²) in [5.41, 5.74) is 1.95. The van der Waals surface area contributed by atoms with Gasteiger partial charge in [-0.3, -0.25) is 4.79 Å². The summed E-state index contributed by atoms with van der Waals surface area (Å²) in [7, 11) is 1.61. The highest BCUT2D eigenvalue weighted by molar-refractivity contribution is 6.33. The molecule has 0 radical (unpaired) electrons. The monoisotopic (exact) mass is 587 g/mol. The number of carbonyl (C=O) groups is 1. The number of benzene rings is 1. The highest BCUT2D eigenvalue weighted by Gasteiger charge is 2.41. The van der Waals surface area contributed by atoms with Crippen molar-refractivity contribution < 1.29 is 24.1 Å². The van der Waals surface area contributed by atoms with Gasteiger partial charge in [0.25, 0.3) is 0 Å². The molecule has 41 heavy (non-hydrogen) atoms. The first kappa shape index (κ1) is 31.2. The van der Waals surface area contributed by atoms with Crippen molar-refractivity contribution >= 4 is 28.9 Å². The number of ether oxygens (including phenoxy) is 3. The van der Waals surface area contributed by atoms with E-state index < -0.39 is 5.97 Å². The fourth-order valence-corrected chi connectivity index (χ4v) is 6.48. The fourth-order valence-electron chi connectivity index (χ4n) is 6.25. The largest absolute Gasteiger partial charge is 0.490 e. The fraction of sp³-hybridized carbons (Fsp3) is 0.625. The predicted molar refractivity (Wildman–Crippen MR) is 164 cm³/mol. The van der Waals surface area contributed by atoms with E-state index in [0.717, 1.165) is 55.9 Å². The van der Waals surface area contributed by atoms with Crippen LogP contribution in [0.25, 0.3) is 0 Å². The third-order valence-electron chi connectivity index (χ3n) is 8.44. The molecule has 2 aliphatic heterocycles. The van der Waals surface area contributed by atoms with Crippen molar-refractivity contribution in [3.63, 3.8) is 0 Å². The van der Waals surface area contributed by atoms with Gasteiger partial charge in [0.1, 0.15) is 11.9 Å². The summed E-state index contributed by atoms with van der Waals surface area (Å²) in [4.78, 5) is 20.4. The normalized spacial score (nSPS) is 24.6. The summed E-state index contributed by atoms with van der Waals surface area (Å²) in [6.45, 7) is 11.8. The molecule has 2 fully saturated rings. The predicted octanol–water partition coefficient (Wildman–Crippen LogP) is 6.55. The number of anilines is 2. The minimum absolute atomic E-state index is 0.0256. The molecule has 1 aromatic heterocycles. The second kappa shape index (κ2) is 14.5. The number of methoxy groups -OCH3 is 1. The van der Waals surface area contributed by atoms with Gasteiger partial charge in [0, 0.05) is 62.3 Å². The lowest BCUT2D eigenvalue weighted by Gasteiger charge is -2.40. The van der Waals surface area contributed by atoms with Crippen LogP contribution in [-0.2, 0) is 9.53 Å². The molecule has 2 unspecified atom stereocenters. The van der Waals surface area contributed by atoms with E-state index in [1.54, 1.807) is 13.3 Å². The zero-order valence-corrected chi connectivity index (χ0v) is 25.8. The minimum atomic E-state index is -0.782. The van der Waals surface area contributed by atoms with Gasteiger partial charge in [0.2, 0.25) is 5.88 Å². The summed E-state index contributed by atoms with van der Waals surface area (Å²) in [5.74, 6) is 1.61. The van der Waals surface area contributed by atoms with Crippen molar-refractivity contribution in [2.45, 2.75) is 78.0 Å². The number of carboxylic acid groups (broad SMARTS) is 1. The molecule has 5 atom stereocenters. The standard InChI is InChI=1S/C32H46ClN3O5/c1-6-7-14-40-30-20-36(27(22(30)4)17-32(37)38)24-8-10-25(11-9-24)41-29-12-13-35(19-23(29)15-21(2)3)28-16-31(39-5)34-18-26(28)33/h8-11,16,18,21-23,27,29-30H,6-7,12-15,17,19-20H2,1-5H3,(H,37,38)/t22-,23?,27-,29?,30-/m0/s1. The van der Waals surface area contributed by atoms with E-state index in [9.17, 15) is 9.90 Å². The van der Waals surface area contributed by atoms with E-state index >= 15 is 0 Å². The molecule has 3 heterocycles. The first-order valence-electron chi connectivity index (χ1n) is 15.0. The van der Waals surface area contributed by atoms with Crippen molar-refractivity contribution in [3.8, 4) is 11.6 Å². The van der Waals surface area contributed by atoms with E-state index in [0.29, 0.717) is 35.9 Å². The molecule has 4 rings (SSSR count). The van der Waals surface area contributed by atoms with Crippen LogP contribution in [0.15, 0.2) is 36.5 Å². The highest BCUT2D eigenvalue weighted by atomic mass is 35.5. The number of aliphatic carboxylic acids is 1. The summed E-state index contributed by atoms with van der Waals surface area (Å²) >= 11 is 6.53. The quantitative estimate of drug-likeness (QED) is 0.264. The van der Waals surface area contributed by atoms with E-state index in [-0.39, 0.29) is 30.6 Å². The van der Waals surface area contributed by atoms with E-state index in [1.807, 2.05) is 18.2 Å². The lowest BCUT2D eigenvalue weighted by atomic mass is 9.87. The van der Waals surface area contributed by atoms with Gasteiger partial charge in [0.05, 0.1) is 36.5 Å². The second-order valence-corrected chi connectivity index (χ2v) is 12.3. The Morgan fingerprint density at radius 2 is 1.95 bits per heavy atom. The van der Waals surface area contributed by atoms with Gasteiger partial charge in [-0.2, -0.15) is 0 Å².